The van der Waals surface area contributed by atoms with Crippen LogP contribution in [0.25, 0.3) is 0 Å². The normalized spacial score (nSPS) is 13.5. The zero-order chi connectivity index (χ0) is 37.4. The fourth-order valence-electron chi connectivity index (χ4n) is 5.31. The lowest BCUT2D eigenvalue weighted by molar-refractivity contribution is -0.142. The van der Waals surface area contributed by atoms with E-state index in [2.05, 4.69) is 26.6 Å². The number of rotatable bonds is 21. The molecule has 0 heterocycles. The number of halogens is 1. The lowest BCUT2D eigenvalue weighted by atomic mass is 10.1. The smallest absolute Gasteiger partial charge is 0.326 e. The van der Waals surface area contributed by atoms with Crippen molar-refractivity contribution in [3.8, 4) is 0 Å². The average Bonchev–Trinajstić information content (AvgIpc) is 3.01. The van der Waals surface area contributed by atoms with E-state index >= 15 is 3.89 Å². The maximum Gasteiger partial charge on any atom is 0.326 e. The molecule has 0 aliphatic rings. The molecule has 0 fully saturated rings. The van der Waals surface area contributed by atoms with Gasteiger partial charge in [0.05, 0.1) is 0 Å². The first kappa shape index (κ1) is 43.3. The predicted octanol–water partition coefficient (Wildman–Crippen LogP) is 3.66. The topological polar surface area (TPSA) is 203 Å². The van der Waals surface area contributed by atoms with Crippen LogP contribution in [0, 0.1) is 0 Å². The van der Waals surface area contributed by atoms with Crippen LogP contribution in [-0.4, -0.2) is 94.0 Å². The Morgan fingerprint density at radius 3 is 1.69 bits per heavy atom. The number of hydrogen-bond acceptors (Lipinski definition) is 7. The monoisotopic (exact) mass is 713 g/mol. The molecule has 1 aromatic rings. The maximum atomic E-state index is 16.5. The second-order valence-corrected chi connectivity index (χ2v) is 17.8. The second kappa shape index (κ2) is 20.1. The summed E-state index contributed by atoms with van der Waals surface area (Å²) in [7, 11) is -1.25. The number of carboxylic acid groups (broad SMARTS) is 2. The highest BCUT2D eigenvalue weighted by Gasteiger charge is 2.48. The van der Waals surface area contributed by atoms with Gasteiger partial charge in [0.2, 0.25) is 17.7 Å². The first-order valence-electron chi connectivity index (χ1n) is 16.6. The number of unbranched alkanes of at least 4 members (excludes halogenated alkanes) is 2. The van der Waals surface area contributed by atoms with Gasteiger partial charge < -0.3 is 36.8 Å². The molecule has 0 saturated heterocycles. The van der Waals surface area contributed by atoms with Crippen LogP contribution in [0.5, 0.6) is 0 Å². The van der Waals surface area contributed by atoms with Crippen LogP contribution in [0.4, 0.5) is 3.89 Å². The van der Waals surface area contributed by atoms with Gasteiger partial charge >= 0.3 is 11.9 Å². The van der Waals surface area contributed by atoms with Gasteiger partial charge in [-0.1, -0.05) is 10.4 Å². The van der Waals surface area contributed by atoms with Crippen molar-refractivity contribution in [3.63, 3.8) is 0 Å². The molecule has 2 atom stereocenters. The molecular weight excluding hydrogens is 657 g/mol. The van der Waals surface area contributed by atoms with Gasteiger partial charge in [-0.15, -0.1) is 0 Å². The van der Waals surface area contributed by atoms with Gasteiger partial charge in [-0.05, 0) is 105 Å². The van der Waals surface area contributed by atoms with Crippen LogP contribution < -0.4 is 26.6 Å². The van der Waals surface area contributed by atoms with E-state index in [9.17, 15) is 33.9 Å². The van der Waals surface area contributed by atoms with E-state index in [0.717, 1.165) is 0 Å². The molecule has 1 rings (SSSR count). The molecule has 4 amide bonds. The Morgan fingerprint density at radius 2 is 1.24 bits per heavy atom. The van der Waals surface area contributed by atoms with Crippen LogP contribution in [0.3, 0.4) is 0 Å². The van der Waals surface area contributed by atoms with Crippen molar-refractivity contribution in [1.29, 1.82) is 0 Å². The number of hydrogen-bond donors (Lipinski definition) is 7. The summed E-state index contributed by atoms with van der Waals surface area (Å²) in [6.07, 6.45) is 1.93. The number of benzene rings is 1. The zero-order valence-corrected chi connectivity index (χ0v) is 30.7. The van der Waals surface area contributed by atoms with Gasteiger partial charge in [-0.2, -0.15) is 3.89 Å². The lowest BCUT2D eigenvalue weighted by Gasteiger charge is -2.52. The number of likely N-dealkylation sites (N-methyl/N-ethyl adjacent to an activating group) is 1. The van der Waals surface area contributed by atoms with Crippen molar-refractivity contribution in [2.45, 2.75) is 119 Å². The average molecular weight is 714 g/mol. The Bertz CT molecular complexity index is 1270. The quantitative estimate of drug-likeness (QED) is 0.0928. The summed E-state index contributed by atoms with van der Waals surface area (Å²) in [5.74, 6) is -3.82. The van der Waals surface area contributed by atoms with Gasteiger partial charge in [0, 0.05) is 58.8 Å². The minimum absolute atomic E-state index is 0.00719. The second-order valence-electron chi connectivity index (χ2n) is 13.8. The molecule has 0 saturated carbocycles. The predicted molar refractivity (Wildman–Crippen MR) is 188 cm³/mol. The van der Waals surface area contributed by atoms with Crippen LogP contribution in [-0.2, 0) is 24.0 Å². The number of carboxylic acids is 2. The largest absolute Gasteiger partial charge is 0.481 e. The third kappa shape index (κ3) is 14.3. The Morgan fingerprint density at radius 1 is 0.735 bits per heavy atom. The fourth-order valence-corrected chi connectivity index (χ4v) is 9.07. The maximum absolute atomic E-state index is 16.5. The molecule has 49 heavy (non-hydrogen) atoms. The highest BCUT2D eigenvalue weighted by molar-refractivity contribution is 8.31. The summed E-state index contributed by atoms with van der Waals surface area (Å²) in [6, 6.07) is 4.30. The van der Waals surface area contributed by atoms with Crippen molar-refractivity contribution in [1.82, 2.24) is 26.6 Å². The summed E-state index contributed by atoms with van der Waals surface area (Å²) in [5.41, 5.74) is 0.298. The SMILES string of the molecule is CN[C@H](CNC(=O)c1ccc(S(F)(C(C)(C)C)C(C)(C)C)cc1)C(=O)N[C@H](CCCCNC(=O)CCC(=O)NCCCCC(=O)O)C(=O)O. The number of nitrogens with one attached hydrogen (secondary N) is 5. The Kier molecular flexibility index (Phi) is 17.7. The van der Waals surface area contributed by atoms with E-state index in [1.54, 1.807) is 24.3 Å². The van der Waals surface area contributed by atoms with Crippen molar-refractivity contribution in [2.75, 3.05) is 26.7 Å². The highest BCUT2D eigenvalue weighted by atomic mass is 32.3. The molecule has 0 aromatic heterocycles. The first-order chi connectivity index (χ1) is 22.7. The van der Waals surface area contributed by atoms with E-state index in [0.29, 0.717) is 42.7 Å². The number of aliphatic carboxylic acids is 2. The van der Waals surface area contributed by atoms with Crippen molar-refractivity contribution < 1.29 is 42.9 Å². The lowest BCUT2D eigenvalue weighted by Crippen LogP contribution is -2.53. The summed E-state index contributed by atoms with van der Waals surface area (Å²) in [4.78, 5) is 72.4. The van der Waals surface area contributed by atoms with Crippen LogP contribution in [0.15, 0.2) is 29.2 Å². The van der Waals surface area contributed by atoms with Gasteiger partial charge in [0.1, 0.15) is 12.1 Å². The molecule has 15 heteroatoms. The summed E-state index contributed by atoms with van der Waals surface area (Å²) >= 11 is 0. The standard InChI is InChI=1S/C34H56FN5O8S/c1-33(2,3)49(35,34(4,5)6)24-16-14-23(15-17-24)30(45)39-22-26(36-7)31(46)40-25(32(47)48)12-8-10-20-37-27(41)18-19-28(42)38-21-11-9-13-29(43)44/h14-17,25-26,36H,8-13,18-22H2,1-7H3,(H,37,41)(H,38,42)(H,39,45)(H,40,46)(H,43,44)(H,47,48)/t25-,26-/m1/s1. The molecular formula is C34H56FN5O8S. The molecule has 0 aliphatic carbocycles. The minimum atomic E-state index is -2.76. The van der Waals surface area contributed by atoms with Gasteiger partial charge in [0.15, 0.2) is 0 Å². The molecule has 0 bridgehead atoms. The molecule has 0 spiro atoms. The Hall–Kier alpha value is -3.72. The van der Waals surface area contributed by atoms with Crippen molar-refractivity contribution >= 4 is 46.0 Å². The zero-order valence-electron chi connectivity index (χ0n) is 29.9. The van der Waals surface area contributed by atoms with Gasteiger partial charge in [-0.3, -0.25) is 24.0 Å². The van der Waals surface area contributed by atoms with E-state index < -0.39 is 55.7 Å². The number of amides is 4. The minimum Gasteiger partial charge on any atom is -0.481 e. The van der Waals surface area contributed by atoms with E-state index in [1.165, 1.54) is 7.05 Å². The van der Waals surface area contributed by atoms with Crippen molar-refractivity contribution in [2.24, 2.45) is 0 Å². The Balaban J connectivity index is 2.53. The molecule has 0 aliphatic heterocycles. The first-order valence-corrected chi connectivity index (χ1v) is 18.1. The molecule has 0 unspecified atom stereocenters. The highest BCUT2D eigenvalue weighted by Crippen LogP contribution is 2.73. The third-order valence-corrected chi connectivity index (χ3v) is 12.1. The van der Waals surface area contributed by atoms with E-state index in [1.807, 2.05) is 41.5 Å². The molecule has 7 N–H and O–H groups in total. The third-order valence-electron chi connectivity index (χ3n) is 7.84. The van der Waals surface area contributed by atoms with E-state index in [4.69, 9.17) is 5.11 Å². The molecule has 0 radical (unpaired) electrons. The van der Waals surface area contributed by atoms with Crippen LogP contribution in [0.2, 0.25) is 0 Å². The summed E-state index contributed by atoms with van der Waals surface area (Å²) in [6.45, 7) is 11.7. The van der Waals surface area contributed by atoms with Gasteiger partial charge in [-0.25, -0.2) is 4.79 Å². The molecule has 278 valence electrons. The summed E-state index contributed by atoms with van der Waals surface area (Å²) in [5, 5.41) is 31.5. The van der Waals surface area contributed by atoms with E-state index in [-0.39, 0.29) is 50.6 Å². The molecule has 13 nitrogen and oxygen atoms in total. The molecule has 1 aromatic carbocycles. The number of carbonyl (C=O) groups excluding carboxylic acids is 4. The summed E-state index contributed by atoms with van der Waals surface area (Å²) < 4.78 is 15.3. The fraction of sp³-hybridized carbons (Fsp3) is 0.647. The van der Waals surface area contributed by atoms with Crippen LogP contribution >= 0.6 is 10.4 Å². The van der Waals surface area contributed by atoms with Gasteiger partial charge in [0.25, 0.3) is 5.91 Å². The Labute approximate surface area is 290 Å². The van der Waals surface area contributed by atoms with Crippen molar-refractivity contribution in [3.05, 3.63) is 29.8 Å². The van der Waals surface area contributed by atoms with Crippen LogP contribution in [0.1, 0.15) is 103 Å². The number of carbonyl (C=O) groups is 6.